The number of carbonyl (C=O) groups excluding carboxylic acids is 2. The van der Waals surface area contributed by atoms with E-state index in [0.29, 0.717) is 22.2 Å². The van der Waals surface area contributed by atoms with Gasteiger partial charge in [-0.25, -0.2) is 9.48 Å². The average Bonchev–Trinajstić information content (AvgIpc) is 3.27. The van der Waals surface area contributed by atoms with Gasteiger partial charge in [0.05, 0.1) is 15.9 Å². The van der Waals surface area contributed by atoms with Crippen LogP contribution in [0.5, 0.6) is 0 Å². The third-order valence-electron chi connectivity index (χ3n) is 5.11. The summed E-state index contributed by atoms with van der Waals surface area (Å²) >= 11 is 6.14. The summed E-state index contributed by atoms with van der Waals surface area (Å²) in [6.45, 7) is 3.63. The van der Waals surface area contributed by atoms with Crippen LogP contribution in [-0.4, -0.2) is 80.7 Å². The minimum absolute atomic E-state index is 0.0330. The smallest absolute Gasteiger partial charge is 0.352 e. The number of halogens is 1. The Morgan fingerprint density at radius 2 is 2.12 bits per heavy atom. The highest BCUT2D eigenvalue weighted by Crippen LogP contribution is 2.41. The maximum atomic E-state index is 12.8. The summed E-state index contributed by atoms with van der Waals surface area (Å²) in [5, 5.41) is 28.1. The molecule has 2 aromatic rings. The van der Waals surface area contributed by atoms with Gasteiger partial charge in [0, 0.05) is 18.6 Å². The first-order valence-electron chi connectivity index (χ1n) is 9.43. The molecule has 32 heavy (non-hydrogen) atoms. The largest absolute Gasteiger partial charge is 0.477 e. The number of tetrazole rings is 1. The first-order chi connectivity index (χ1) is 15.2. The van der Waals surface area contributed by atoms with Crippen molar-refractivity contribution < 1.29 is 19.5 Å². The first kappa shape index (κ1) is 22.8. The third-order valence-corrected chi connectivity index (χ3v) is 8.69. The average molecular weight is 543 g/mol. The molecule has 1 saturated heterocycles. The van der Waals surface area contributed by atoms with Gasteiger partial charge in [0.2, 0.25) is 11.1 Å². The van der Waals surface area contributed by atoms with Gasteiger partial charge in [-0.1, -0.05) is 11.8 Å². The van der Waals surface area contributed by atoms with Crippen LogP contribution in [0.2, 0.25) is 0 Å². The Bertz CT molecular complexity index is 1150. The molecule has 1 fully saturated rings. The second-order valence-electron chi connectivity index (χ2n) is 7.23. The number of carbonyl (C=O) groups is 3. The highest BCUT2D eigenvalue weighted by molar-refractivity contribution is 9.10. The van der Waals surface area contributed by atoms with E-state index in [-0.39, 0.29) is 18.1 Å². The zero-order valence-corrected chi connectivity index (χ0v) is 20.5. The fraction of sp³-hybridized carbons (Fsp3) is 0.471. The molecular weight excluding hydrogens is 524 g/mol. The lowest BCUT2D eigenvalue weighted by Crippen LogP contribution is -2.70. The van der Waals surface area contributed by atoms with Crippen LogP contribution in [0.1, 0.15) is 11.4 Å². The highest BCUT2D eigenvalue weighted by Gasteiger charge is 2.54. The van der Waals surface area contributed by atoms with Crippen LogP contribution < -0.4 is 5.32 Å². The molecule has 0 aromatic carbocycles. The number of carboxylic acid groups (broad SMARTS) is 1. The first-order valence-corrected chi connectivity index (χ1v) is 12.3. The molecule has 12 nitrogen and oxygen atoms in total. The standard InChI is InChI=1S/C17H19BrN8O4S2/c1-7-11(18)8(2)25(21-7)4-10(27)19-12-14(28)26-13(16(29)30)9(5-31-15(12)26)6-32-17-20-22-23-24(17)3/h12,15H,4-6H2,1-3H3,(H,19,27)(H,29,30). The summed E-state index contributed by atoms with van der Waals surface area (Å²) in [5.74, 6) is -1.22. The molecule has 0 saturated carbocycles. The number of nitrogens with one attached hydrogen (secondary N) is 1. The van der Waals surface area contributed by atoms with Crippen LogP contribution in [0.15, 0.2) is 20.9 Å². The predicted molar refractivity (Wildman–Crippen MR) is 119 cm³/mol. The number of thioether (sulfide) groups is 2. The number of nitrogens with zero attached hydrogens (tertiary/aromatic N) is 7. The van der Waals surface area contributed by atoms with Gasteiger partial charge in [-0.15, -0.1) is 16.9 Å². The SMILES string of the molecule is Cc1nn(CC(=O)NC2C(=O)N3C(C(=O)O)=C(CSc4nnnn4C)CSC23)c(C)c1Br. The number of rotatable bonds is 7. The minimum Gasteiger partial charge on any atom is -0.477 e. The monoisotopic (exact) mass is 542 g/mol. The molecule has 4 heterocycles. The lowest BCUT2D eigenvalue weighted by molar-refractivity contribution is -0.150. The molecule has 0 spiro atoms. The van der Waals surface area contributed by atoms with Gasteiger partial charge < -0.3 is 10.4 Å². The number of β-lactam (4-membered cyclic amide) rings is 1. The molecule has 0 bridgehead atoms. The van der Waals surface area contributed by atoms with E-state index in [4.69, 9.17) is 0 Å². The molecular formula is C17H19BrN8O4S2. The maximum absolute atomic E-state index is 12.8. The van der Waals surface area contributed by atoms with E-state index in [9.17, 15) is 19.5 Å². The zero-order valence-electron chi connectivity index (χ0n) is 17.3. The van der Waals surface area contributed by atoms with Crippen molar-refractivity contribution in [2.45, 2.75) is 37.0 Å². The number of hydrogen-bond donors (Lipinski definition) is 2. The predicted octanol–water partition coefficient (Wildman–Crippen LogP) is 0.317. The van der Waals surface area contributed by atoms with Gasteiger partial charge in [0.1, 0.15) is 23.7 Å². The van der Waals surface area contributed by atoms with Gasteiger partial charge in [0.25, 0.3) is 5.91 Å². The molecule has 2 amide bonds. The van der Waals surface area contributed by atoms with E-state index < -0.39 is 23.3 Å². The number of aliphatic carboxylic acids is 1. The van der Waals surface area contributed by atoms with Crippen molar-refractivity contribution in [3.8, 4) is 0 Å². The fourth-order valence-corrected chi connectivity index (χ4v) is 6.09. The van der Waals surface area contributed by atoms with Crippen LogP contribution in [0, 0.1) is 13.8 Å². The topological polar surface area (TPSA) is 148 Å². The summed E-state index contributed by atoms with van der Waals surface area (Å²) in [6.07, 6.45) is 0. The van der Waals surface area contributed by atoms with Crippen molar-refractivity contribution in [2.24, 2.45) is 7.05 Å². The van der Waals surface area contributed by atoms with E-state index in [1.165, 1.54) is 33.1 Å². The maximum Gasteiger partial charge on any atom is 0.352 e. The van der Waals surface area contributed by atoms with Crippen LogP contribution in [0.25, 0.3) is 0 Å². The van der Waals surface area contributed by atoms with E-state index in [0.717, 1.165) is 15.9 Å². The van der Waals surface area contributed by atoms with Gasteiger partial charge in [-0.2, -0.15) is 5.10 Å². The summed E-state index contributed by atoms with van der Waals surface area (Å²) in [5.41, 5.74) is 2.15. The summed E-state index contributed by atoms with van der Waals surface area (Å²) in [7, 11) is 1.69. The molecule has 170 valence electrons. The molecule has 2 N–H and O–H groups in total. The quantitative estimate of drug-likeness (QED) is 0.370. The van der Waals surface area contributed by atoms with Crippen molar-refractivity contribution in [1.82, 2.24) is 40.2 Å². The lowest BCUT2D eigenvalue weighted by atomic mass is 10.0. The van der Waals surface area contributed by atoms with Crippen molar-refractivity contribution in [3.05, 3.63) is 27.1 Å². The van der Waals surface area contributed by atoms with E-state index in [1.807, 2.05) is 13.8 Å². The molecule has 2 atom stereocenters. The Balaban J connectivity index is 1.44. The van der Waals surface area contributed by atoms with Crippen molar-refractivity contribution in [3.63, 3.8) is 0 Å². The van der Waals surface area contributed by atoms with Crippen molar-refractivity contribution >= 4 is 57.2 Å². The molecule has 4 rings (SSSR count). The van der Waals surface area contributed by atoms with E-state index in [1.54, 1.807) is 11.7 Å². The van der Waals surface area contributed by atoms with Gasteiger partial charge in [-0.3, -0.25) is 19.2 Å². The molecule has 2 unspecified atom stereocenters. The Hall–Kier alpha value is -2.39. The summed E-state index contributed by atoms with van der Waals surface area (Å²) < 4.78 is 3.88. The number of aromatic nitrogens is 6. The second-order valence-corrected chi connectivity index (χ2v) is 10.1. The Morgan fingerprint density at radius 1 is 1.38 bits per heavy atom. The molecule has 15 heteroatoms. The van der Waals surface area contributed by atoms with Crippen LogP contribution in [0.3, 0.4) is 0 Å². The summed E-state index contributed by atoms with van der Waals surface area (Å²) in [4.78, 5) is 38.5. The second kappa shape index (κ2) is 8.86. The third kappa shape index (κ3) is 4.03. The Kier molecular flexibility index (Phi) is 6.31. The highest BCUT2D eigenvalue weighted by atomic mass is 79.9. The normalized spacial score (nSPS) is 20.2. The number of aryl methyl sites for hydroxylation is 2. The van der Waals surface area contributed by atoms with Crippen LogP contribution in [0.4, 0.5) is 0 Å². The van der Waals surface area contributed by atoms with Crippen molar-refractivity contribution in [1.29, 1.82) is 0 Å². The number of hydrogen-bond acceptors (Lipinski definition) is 9. The van der Waals surface area contributed by atoms with Gasteiger partial charge >= 0.3 is 5.97 Å². The minimum atomic E-state index is -1.17. The van der Waals surface area contributed by atoms with Crippen LogP contribution >= 0.6 is 39.5 Å². The number of carboxylic acids is 1. The molecule has 2 aliphatic rings. The van der Waals surface area contributed by atoms with Crippen LogP contribution in [-0.2, 0) is 28.0 Å². The molecule has 0 radical (unpaired) electrons. The van der Waals surface area contributed by atoms with Gasteiger partial charge in [0.15, 0.2) is 0 Å². The molecule has 2 aromatic heterocycles. The molecule has 2 aliphatic heterocycles. The van der Waals surface area contributed by atoms with Gasteiger partial charge in [-0.05, 0) is 45.8 Å². The zero-order chi connectivity index (χ0) is 23.2. The Labute approximate surface area is 199 Å². The molecule has 0 aliphatic carbocycles. The number of amides is 2. The van der Waals surface area contributed by atoms with E-state index >= 15 is 0 Å². The number of fused-ring (bicyclic) bond motifs is 1. The summed E-state index contributed by atoms with van der Waals surface area (Å²) in [6, 6.07) is -0.778. The Morgan fingerprint density at radius 3 is 2.72 bits per heavy atom. The lowest BCUT2D eigenvalue weighted by Gasteiger charge is -2.49. The van der Waals surface area contributed by atoms with Crippen molar-refractivity contribution in [2.75, 3.05) is 11.5 Å². The van der Waals surface area contributed by atoms with E-state index in [2.05, 4.69) is 41.9 Å². The fourth-order valence-electron chi connectivity index (χ4n) is 3.47.